The number of ether oxygens (including phenoxy) is 2. The molecule has 0 N–H and O–H groups in total. The SMILES string of the molecule is CC(C)OC1C=CC[C@@H](C=O)O1. The monoisotopic (exact) mass is 170 g/mol. The topological polar surface area (TPSA) is 35.5 Å². The molecule has 12 heavy (non-hydrogen) atoms. The molecule has 3 nitrogen and oxygen atoms in total. The predicted molar refractivity (Wildman–Crippen MR) is 44.7 cm³/mol. The van der Waals surface area contributed by atoms with E-state index < -0.39 is 0 Å². The van der Waals surface area contributed by atoms with E-state index in [1.54, 1.807) is 0 Å². The fourth-order valence-electron chi connectivity index (χ4n) is 1.03. The van der Waals surface area contributed by atoms with Crippen LogP contribution in [0.15, 0.2) is 12.2 Å². The second kappa shape index (κ2) is 4.38. The van der Waals surface area contributed by atoms with E-state index in [1.807, 2.05) is 26.0 Å². The normalized spacial score (nSPS) is 29.2. The van der Waals surface area contributed by atoms with Crippen LogP contribution in [0.1, 0.15) is 20.3 Å². The van der Waals surface area contributed by atoms with Crippen molar-refractivity contribution in [2.45, 2.75) is 38.8 Å². The molecule has 0 aliphatic carbocycles. The highest BCUT2D eigenvalue weighted by atomic mass is 16.7. The van der Waals surface area contributed by atoms with E-state index in [-0.39, 0.29) is 18.5 Å². The third kappa shape index (κ3) is 2.75. The van der Waals surface area contributed by atoms with E-state index in [4.69, 9.17) is 9.47 Å². The lowest BCUT2D eigenvalue weighted by atomic mass is 10.2. The van der Waals surface area contributed by atoms with Gasteiger partial charge in [0.05, 0.1) is 6.10 Å². The summed E-state index contributed by atoms with van der Waals surface area (Å²) < 4.78 is 10.6. The summed E-state index contributed by atoms with van der Waals surface area (Å²) in [4.78, 5) is 10.4. The fourth-order valence-corrected chi connectivity index (χ4v) is 1.03. The van der Waals surface area contributed by atoms with Gasteiger partial charge in [-0.2, -0.15) is 0 Å². The van der Waals surface area contributed by atoms with Crippen LogP contribution in [-0.4, -0.2) is 24.8 Å². The Morgan fingerprint density at radius 1 is 1.67 bits per heavy atom. The van der Waals surface area contributed by atoms with Gasteiger partial charge in [-0.05, 0) is 26.3 Å². The van der Waals surface area contributed by atoms with Crippen molar-refractivity contribution in [2.24, 2.45) is 0 Å². The lowest BCUT2D eigenvalue weighted by Crippen LogP contribution is -2.29. The molecule has 3 heteroatoms. The summed E-state index contributed by atoms with van der Waals surface area (Å²) in [6, 6.07) is 0. The third-order valence-corrected chi connectivity index (χ3v) is 1.53. The highest BCUT2D eigenvalue weighted by Crippen LogP contribution is 2.12. The van der Waals surface area contributed by atoms with Gasteiger partial charge in [0, 0.05) is 0 Å². The lowest BCUT2D eigenvalue weighted by Gasteiger charge is -2.23. The summed E-state index contributed by atoms with van der Waals surface area (Å²) in [5.74, 6) is 0. The zero-order valence-electron chi connectivity index (χ0n) is 7.40. The summed E-state index contributed by atoms with van der Waals surface area (Å²) in [7, 11) is 0. The average molecular weight is 170 g/mol. The molecule has 0 saturated carbocycles. The Morgan fingerprint density at radius 3 is 3.00 bits per heavy atom. The summed E-state index contributed by atoms with van der Waals surface area (Å²) >= 11 is 0. The van der Waals surface area contributed by atoms with Crippen LogP contribution in [0, 0.1) is 0 Å². The average Bonchev–Trinajstić information content (AvgIpc) is 2.03. The van der Waals surface area contributed by atoms with Crippen molar-refractivity contribution in [1.29, 1.82) is 0 Å². The van der Waals surface area contributed by atoms with Gasteiger partial charge in [0.15, 0.2) is 6.29 Å². The van der Waals surface area contributed by atoms with Crippen molar-refractivity contribution in [3.63, 3.8) is 0 Å². The van der Waals surface area contributed by atoms with Gasteiger partial charge >= 0.3 is 0 Å². The Bertz CT molecular complexity index is 175. The van der Waals surface area contributed by atoms with E-state index in [2.05, 4.69) is 0 Å². The van der Waals surface area contributed by atoms with Crippen molar-refractivity contribution >= 4 is 6.29 Å². The minimum atomic E-state index is -0.353. The molecule has 0 spiro atoms. The molecule has 0 amide bonds. The molecule has 1 unspecified atom stereocenters. The number of carbonyl (C=O) groups excluding carboxylic acids is 1. The minimum absolute atomic E-state index is 0.116. The van der Waals surface area contributed by atoms with Crippen molar-refractivity contribution in [3.05, 3.63) is 12.2 Å². The molecule has 0 aromatic heterocycles. The van der Waals surface area contributed by atoms with Gasteiger partial charge in [-0.3, -0.25) is 0 Å². The predicted octanol–water partition coefficient (Wildman–Crippen LogP) is 1.28. The Kier molecular flexibility index (Phi) is 3.44. The Morgan fingerprint density at radius 2 is 2.42 bits per heavy atom. The van der Waals surface area contributed by atoms with E-state index in [9.17, 15) is 4.79 Å². The largest absolute Gasteiger partial charge is 0.346 e. The highest BCUT2D eigenvalue weighted by Gasteiger charge is 2.18. The van der Waals surface area contributed by atoms with Gasteiger partial charge in [-0.25, -0.2) is 0 Å². The maximum absolute atomic E-state index is 10.4. The van der Waals surface area contributed by atoms with Gasteiger partial charge < -0.3 is 14.3 Å². The first kappa shape index (κ1) is 9.42. The molecule has 1 rings (SSSR count). The summed E-state index contributed by atoms with van der Waals surface area (Å²) in [5, 5.41) is 0. The molecule has 2 atom stereocenters. The van der Waals surface area contributed by atoms with Crippen molar-refractivity contribution in [1.82, 2.24) is 0 Å². The van der Waals surface area contributed by atoms with Gasteiger partial charge in [-0.1, -0.05) is 6.08 Å². The summed E-state index contributed by atoms with van der Waals surface area (Å²) in [6.45, 7) is 3.86. The number of hydrogen-bond acceptors (Lipinski definition) is 3. The van der Waals surface area contributed by atoms with Crippen molar-refractivity contribution in [3.8, 4) is 0 Å². The van der Waals surface area contributed by atoms with Gasteiger partial charge in [0.2, 0.25) is 0 Å². The van der Waals surface area contributed by atoms with Crippen LogP contribution in [0.25, 0.3) is 0 Å². The molecular weight excluding hydrogens is 156 g/mol. The molecular formula is C9H14O3. The second-order valence-electron chi connectivity index (χ2n) is 3.03. The molecule has 0 saturated heterocycles. The molecule has 0 bridgehead atoms. The number of hydrogen-bond donors (Lipinski definition) is 0. The van der Waals surface area contributed by atoms with Gasteiger partial charge in [-0.15, -0.1) is 0 Å². The first-order chi connectivity index (χ1) is 5.72. The standard InChI is InChI=1S/C9H14O3/c1-7(2)11-9-5-3-4-8(6-10)12-9/h3,5-9H,4H2,1-2H3/t8-,9?/m0/s1. The summed E-state index contributed by atoms with van der Waals surface area (Å²) in [5.41, 5.74) is 0. The van der Waals surface area contributed by atoms with Crippen LogP contribution in [0.4, 0.5) is 0 Å². The van der Waals surface area contributed by atoms with Crippen molar-refractivity contribution < 1.29 is 14.3 Å². The fraction of sp³-hybridized carbons (Fsp3) is 0.667. The lowest BCUT2D eigenvalue weighted by molar-refractivity contribution is -0.167. The van der Waals surface area contributed by atoms with Crippen LogP contribution < -0.4 is 0 Å². The third-order valence-electron chi connectivity index (χ3n) is 1.53. The minimum Gasteiger partial charge on any atom is -0.346 e. The zero-order valence-corrected chi connectivity index (χ0v) is 7.40. The molecule has 0 aromatic rings. The molecule has 1 aliphatic rings. The van der Waals surface area contributed by atoms with Gasteiger partial charge in [0.25, 0.3) is 0 Å². The molecule has 68 valence electrons. The quantitative estimate of drug-likeness (QED) is 0.473. The van der Waals surface area contributed by atoms with E-state index in [0.29, 0.717) is 6.42 Å². The van der Waals surface area contributed by atoms with Gasteiger partial charge in [0.1, 0.15) is 12.4 Å². The molecule has 0 aromatic carbocycles. The zero-order chi connectivity index (χ0) is 8.97. The highest BCUT2D eigenvalue weighted by molar-refractivity contribution is 5.56. The smallest absolute Gasteiger partial charge is 0.178 e. The molecule has 0 radical (unpaired) electrons. The summed E-state index contributed by atoms with van der Waals surface area (Å²) in [6.07, 6.45) is 4.63. The van der Waals surface area contributed by atoms with Crippen LogP contribution in [0.5, 0.6) is 0 Å². The van der Waals surface area contributed by atoms with E-state index in [1.165, 1.54) is 0 Å². The van der Waals surface area contributed by atoms with Crippen LogP contribution >= 0.6 is 0 Å². The van der Waals surface area contributed by atoms with Crippen LogP contribution in [-0.2, 0) is 14.3 Å². The number of carbonyl (C=O) groups is 1. The van der Waals surface area contributed by atoms with Crippen LogP contribution in [0.3, 0.4) is 0 Å². The molecule has 1 heterocycles. The molecule has 1 aliphatic heterocycles. The van der Waals surface area contributed by atoms with Crippen LogP contribution in [0.2, 0.25) is 0 Å². The Balaban J connectivity index is 2.40. The van der Waals surface area contributed by atoms with E-state index in [0.717, 1.165) is 6.29 Å². The Hall–Kier alpha value is -0.670. The van der Waals surface area contributed by atoms with Crippen molar-refractivity contribution in [2.75, 3.05) is 0 Å². The second-order valence-corrected chi connectivity index (χ2v) is 3.03. The first-order valence-electron chi connectivity index (χ1n) is 4.15. The number of aldehydes is 1. The Labute approximate surface area is 72.4 Å². The maximum atomic E-state index is 10.4. The number of rotatable bonds is 3. The maximum Gasteiger partial charge on any atom is 0.178 e. The van der Waals surface area contributed by atoms with E-state index >= 15 is 0 Å². The first-order valence-corrected chi connectivity index (χ1v) is 4.15. The molecule has 0 fully saturated rings.